The molecule has 5 N–H and O–H groups in total. The lowest BCUT2D eigenvalue weighted by Gasteiger charge is -2.46. The predicted molar refractivity (Wildman–Crippen MR) is 270 cm³/mol. The fourth-order valence-corrected chi connectivity index (χ4v) is 11.3. The number of aliphatic hydroxyl groups excluding tert-OH is 1. The van der Waals surface area contributed by atoms with Crippen molar-refractivity contribution in [1.82, 2.24) is 45.3 Å². The van der Waals surface area contributed by atoms with Gasteiger partial charge in [0, 0.05) is 95.1 Å². The SMILES string of the molecule is C#Cc1ccc(CNC(=O)[C@@H]2C[C@@H](O)CN2C(=O)[C@@H](NC(=O)N2CCC[C@@H](CN3CCC(N4CCC(N5CCN(c6cc(-c7ccccc7O)nnc6NCC)CC5)CC4)CC3)C2)C(C)(C)C)cc1. The molecular formula is C53H75N11O5. The van der Waals surface area contributed by atoms with Crippen molar-refractivity contribution in [3.05, 3.63) is 65.7 Å². The number of nitrogens with one attached hydrogen (secondary N) is 3. The molecule has 16 nitrogen and oxygen atoms in total. The lowest BCUT2D eigenvalue weighted by molar-refractivity contribution is -0.142. The first-order valence-electron chi connectivity index (χ1n) is 25.5. The number of para-hydroxylation sites is 1. The van der Waals surface area contributed by atoms with Gasteiger partial charge in [-0.15, -0.1) is 16.6 Å². The number of rotatable bonds is 13. The van der Waals surface area contributed by atoms with Gasteiger partial charge in [0.2, 0.25) is 11.8 Å². The third kappa shape index (κ3) is 12.3. The van der Waals surface area contributed by atoms with Gasteiger partial charge in [0.1, 0.15) is 17.8 Å². The zero-order chi connectivity index (χ0) is 48.7. The molecule has 6 heterocycles. The number of terminal acetylenes is 1. The van der Waals surface area contributed by atoms with Crippen molar-refractivity contribution in [3.63, 3.8) is 0 Å². The highest BCUT2D eigenvalue weighted by molar-refractivity contribution is 5.93. The zero-order valence-corrected chi connectivity index (χ0v) is 41.3. The Bertz CT molecular complexity index is 2260. The smallest absolute Gasteiger partial charge is 0.318 e. The molecule has 4 atom stereocenters. The fourth-order valence-electron chi connectivity index (χ4n) is 11.3. The third-order valence-corrected chi connectivity index (χ3v) is 15.2. The average Bonchev–Trinajstić information content (AvgIpc) is 3.77. The van der Waals surface area contributed by atoms with E-state index in [-0.39, 0.29) is 43.1 Å². The molecule has 4 amide bonds. The second-order valence-corrected chi connectivity index (χ2v) is 21.0. The summed E-state index contributed by atoms with van der Waals surface area (Å²) in [7, 11) is 0. The molecule has 0 radical (unpaired) electrons. The van der Waals surface area contributed by atoms with E-state index in [1.165, 1.54) is 17.7 Å². The van der Waals surface area contributed by atoms with Crippen LogP contribution in [0.25, 0.3) is 11.3 Å². The summed E-state index contributed by atoms with van der Waals surface area (Å²) in [5, 5.41) is 39.5. The number of piperidine rings is 3. The molecule has 0 saturated carbocycles. The molecule has 1 aromatic heterocycles. The Kier molecular flexibility index (Phi) is 16.3. The van der Waals surface area contributed by atoms with Gasteiger partial charge in [-0.25, -0.2) is 4.79 Å². The normalized spacial score (nSPS) is 23.1. The van der Waals surface area contributed by atoms with Crippen LogP contribution in [0.1, 0.15) is 83.8 Å². The maximum Gasteiger partial charge on any atom is 0.318 e. The number of phenols is 1. The van der Waals surface area contributed by atoms with E-state index >= 15 is 0 Å². The lowest BCUT2D eigenvalue weighted by Crippen LogP contribution is -2.60. The van der Waals surface area contributed by atoms with Crippen LogP contribution in [0.2, 0.25) is 0 Å². The first kappa shape index (κ1) is 49.9. The molecule has 0 aliphatic carbocycles. The van der Waals surface area contributed by atoms with Crippen LogP contribution in [0, 0.1) is 23.7 Å². The van der Waals surface area contributed by atoms with Crippen LogP contribution < -0.4 is 20.9 Å². The predicted octanol–water partition coefficient (Wildman–Crippen LogP) is 4.43. The molecule has 5 aliphatic rings. The number of likely N-dealkylation sites (tertiary alicyclic amines) is 4. The first-order valence-corrected chi connectivity index (χ1v) is 25.5. The second kappa shape index (κ2) is 22.5. The zero-order valence-electron chi connectivity index (χ0n) is 41.3. The number of aromatic hydroxyl groups is 1. The Morgan fingerprint density at radius 2 is 1.54 bits per heavy atom. The number of piperazine rings is 1. The van der Waals surface area contributed by atoms with Crippen LogP contribution >= 0.6 is 0 Å². The number of phenolic OH excluding ortho intramolecular Hbond substituents is 1. The molecule has 5 fully saturated rings. The number of hydrogen-bond donors (Lipinski definition) is 5. The van der Waals surface area contributed by atoms with Gasteiger partial charge in [-0.2, -0.15) is 0 Å². The van der Waals surface area contributed by atoms with Crippen molar-refractivity contribution >= 4 is 29.4 Å². The number of aliphatic hydroxyl groups is 1. The van der Waals surface area contributed by atoms with Crippen LogP contribution in [0.5, 0.6) is 5.75 Å². The highest BCUT2D eigenvalue weighted by Crippen LogP contribution is 2.34. The number of hydrogen-bond acceptors (Lipinski definition) is 12. The van der Waals surface area contributed by atoms with E-state index in [0.717, 1.165) is 114 Å². The van der Waals surface area contributed by atoms with Gasteiger partial charge in [0.15, 0.2) is 5.82 Å². The molecule has 3 aromatic rings. The summed E-state index contributed by atoms with van der Waals surface area (Å²) in [6.45, 7) is 19.4. The van der Waals surface area contributed by atoms with Gasteiger partial charge in [-0.1, -0.05) is 51.0 Å². The van der Waals surface area contributed by atoms with Crippen molar-refractivity contribution < 1.29 is 24.6 Å². The van der Waals surface area contributed by atoms with Crippen molar-refractivity contribution in [2.45, 2.75) is 109 Å². The molecular weight excluding hydrogens is 871 g/mol. The molecule has 0 bridgehead atoms. The van der Waals surface area contributed by atoms with E-state index in [1.807, 2.05) is 68.1 Å². The maximum atomic E-state index is 14.3. The third-order valence-electron chi connectivity index (χ3n) is 15.2. The number of carbonyl (C=O) groups excluding carboxylic acids is 3. The Morgan fingerprint density at radius 1 is 0.855 bits per heavy atom. The Morgan fingerprint density at radius 3 is 2.20 bits per heavy atom. The molecule has 372 valence electrons. The molecule has 16 heteroatoms. The van der Waals surface area contributed by atoms with Crippen molar-refractivity contribution in [3.8, 4) is 29.4 Å². The van der Waals surface area contributed by atoms with E-state index in [1.54, 1.807) is 6.07 Å². The highest BCUT2D eigenvalue weighted by atomic mass is 16.3. The van der Waals surface area contributed by atoms with Crippen molar-refractivity contribution in [2.75, 3.05) is 95.3 Å². The van der Waals surface area contributed by atoms with E-state index in [4.69, 9.17) is 6.42 Å². The van der Waals surface area contributed by atoms with E-state index in [0.29, 0.717) is 42.3 Å². The Hall–Kier alpha value is -5.47. The molecule has 5 saturated heterocycles. The number of β-amino-alcohol motifs (C(OH)–C–C–N with tert-alkyl or cyclic N) is 1. The average molecular weight is 946 g/mol. The number of amides is 4. The van der Waals surface area contributed by atoms with Gasteiger partial charge in [-0.05, 0) is 119 Å². The highest BCUT2D eigenvalue weighted by Gasteiger charge is 2.45. The van der Waals surface area contributed by atoms with Crippen molar-refractivity contribution in [2.24, 2.45) is 11.3 Å². The molecule has 0 spiro atoms. The minimum atomic E-state index is -0.879. The van der Waals surface area contributed by atoms with Crippen LogP contribution in [-0.2, 0) is 16.1 Å². The number of anilines is 2. The molecule has 8 rings (SSSR count). The number of nitrogens with zero attached hydrogens (tertiary/aromatic N) is 8. The van der Waals surface area contributed by atoms with Crippen LogP contribution in [-0.4, -0.2) is 178 Å². The van der Waals surface area contributed by atoms with Crippen LogP contribution in [0.15, 0.2) is 54.6 Å². The maximum absolute atomic E-state index is 14.3. The number of carbonyl (C=O) groups is 3. The van der Waals surface area contributed by atoms with Crippen LogP contribution in [0.4, 0.5) is 16.3 Å². The Balaban J connectivity index is 0.768. The van der Waals surface area contributed by atoms with Crippen molar-refractivity contribution in [1.29, 1.82) is 0 Å². The van der Waals surface area contributed by atoms with E-state index in [2.05, 4.69) is 64.7 Å². The first-order chi connectivity index (χ1) is 33.3. The lowest BCUT2D eigenvalue weighted by atomic mass is 9.85. The minimum absolute atomic E-state index is 0.0327. The van der Waals surface area contributed by atoms with Gasteiger partial charge in [0.05, 0.1) is 17.5 Å². The molecule has 5 aliphatic heterocycles. The van der Waals surface area contributed by atoms with Gasteiger partial charge in [0.25, 0.3) is 0 Å². The molecule has 2 aromatic carbocycles. The summed E-state index contributed by atoms with van der Waals surface area (Å²) >= 11 is 0. The molecule has 69 heavy (non-hydrogen) atoms. The summed E-state index contributed by atoms with van der Waals surface area (Å²) in [5.41, 5.74) is 3.39. The summed E-state index contributed by atoms with van der Waals surface area (Å²) < 4.78 is 0. The Labute approximate surface area is 409 Å². The van der Waals surface area contributed by atoms with Gasteiger partial charge < -0.3 is 50.7 Å². The second-order valence-electron chi connectivity index (χ2n) is 21.0. The fraction of sp³-hybridized carbons (Fsp3) is 0.604. The van der Waals surface area contributed by atoms with Gasteiger partial charge in [-0.3, -0.25) is 14.5 Å². The number of benzene rings is 2. The molecule has 0 unspecified atom stereocenters. The summed E-state index contributed by atoms with van der Waals surface area (Å²) in [4.78, 5) is 55.5. The van der Waals surface area contributed by atoms with E-state index < -0.39 is 23.6 Å². The quantitative estimate of drug-likeness (QED) is 0.153. The van der Waals surface area contributed by atoms with Gasteiger partial charge >= 0.3 is 6.03 Å². The summed E-state index contributed by atoms with van der Waals surface area (Å²) in [6, 6.07) is 15.9. The minimum Gasteiger partial charge on any atom is -0.507 e. The standard InChI is InChI=1S/C53H75N11O5/c1-6-37-14-16-38(17-15-37)33-55-50(67)46-31-42(65)36-64(46)51(68)48(53(3,4)5)56-52(69)63-22-10-11-39(35-63)34-59-23-18-40(19-24-59)60-25-20-41(21-26-60)61-27-29-62(30-28-61)45-32-44(57-58-49(45)54-7-2)43-12-8-9-13-47(43)66/h1,8-9,12-17,32,39-42,46,48,65-66H,7,10-11,18-31,33-36H2,2-5H3,(H,54,58)(H,55,67)(H,56,69)/t39-,42+,46-,48+/m0/s1. The monoisotopic (exact) mass is 946 g/mol. The van der Waals surface area contributed by atoms with Crippen LogP contribution in [0.3, 0.4) is 0 Å². The summed E-state index contributed by atoms with van der Waals surface area (Å²) in [6.07, 6.45) is 11.5. The largest absolute Gasteiger partial charge is 0.507 e. The van der Waals surface area contributed by atoms with E-state index in [9.17, 15) is 24.6 Å². The number of aromatic nitrogens is 2. The number of urea groups is 1. The topological polar surface area (TPSA) is 173 Å². The summed E-state index contributed by atoms with van der Waals surface area (Å²) in [5.74, 6) is 3.24.